The molecule has 0 spiro atoms. The van der Waals surface area contributed by atoms with Crippen molar-refractivity contribution in [2.24, 2.45) is 0 Å². The van der Waals surface area contributed by atoms with Gasteiger partial charge in [-0.3, -0.25) is 0 Å². The predicted molar refractivity (Wildman–Crippen MR) is 89.1 cm³/mol. The molecule has 0 bridgehead atoms. The van der Waals surface area contributed by atoms with E-state index in [1.54, 1.807) is 6.07 Å². The highest BCUT2D eigenvalue weighted by Gasteiger charge is 2.33. The van der Waals surface area contributed by atoms with Crippen molar-refractivity contribution in [1.29, 1.82) is 5.26 Å². The van der Waals surface area contributed by atoms with Crippen LogP contribution in [0.2, 0.25) is 0 Å². The Balaban J connectivity index is 1.86. The number of hydrogen-bond donors (Lipinski definition) is 1. The first-order valence-electron chi connectivity index (χ1n) is 7.90. The average Bonchev–Trinajstić information content (AvgIpc) is 2.58. The number of benzene rings is 1. The zero-order chi connectivity index (χ0) is 18.0. The van der Waals surface area contributed by atoms with E-state index in [1.807, 2.05) is 6.07 Å². The summed E-state index contributed by atoms with van der Waals surface area (Å²) in [5, 5.41) is 9.89. The lowest BCUT2D eigenvalue weighted by Gasteiger charge is -2.22. The lowest BCUT2D eigenvalue weighted by molar-refractivity contribution is -0.895. The van der Waals surface area contributed by atoms with Crippen LogP contribution in [0, 0.1) is 11.3 Å². The smallest absolute Gasteiger partial charge is 0.333 e. The van der Waals surface area contributed by atoms with Gasteiger partial charge in [0.1, 0.15) is 17.6 Å². The molecular formula is C18H17F3N3S+. The highest BCUT2D eigenvalue weighted by molar-refractivity contribution is 7.98. The van der Waals surface area contributed by atoms with E-state index < -0.39 is 11.7 Å². The van der Waals surface area contributed by atoms with Crippen LogP contribution in [0.3, 0.4) is 0 Å². The quantitative estimate of drug-likeness (QED) is 0.852. The van der Waals surface area contributed by atoms with Gasteiger partial charge in [0, 0.05) is 17.7 Å². The maximum atomic E-state index is 13.1. The maximum absolute atomic E-state index is 13.1. The molecular weight excluding hydrogens is 347 g/mol. The first-order valence-corrected chi connectivity index (χ1v) is 8.89. The van der Waals surface area contributed by atoms with E-state index >= 15 is 0 Å². The fourth-order valence-electron chi connectivity index (χ4n) is 2.95. The molecule has 0 saturated heterocycles. The number of aromatic nitrogens is 1. The third-order valence-electron chi connectivity index (χ3n) is 4.24. The van der Waals surface area contributed by atoms with Gasteiger partial charge in [0.2, 0.25) is 0 Å². The zero-order valence-electron chi connectivity index (χ0n) is 13.7. The summed E-state index contributed by atoms with van der Waals surface area (Å²) in [6, 6.07) is 9.49. The number of rotatable bonds is 3. The van der Waals surface area contributed by atoms with E-state index in [-0.39, 0.29) is 11.3 Å². The van der Waals surface area contributed by atoms with Gasteiger partial charge in [-0.1, -0.05) is 18.2 Å². The van der Waals surface area contributed by atoms with E-state index in [4.69, 9.17) is 0 Å². The van der Waals surface area contributed by atoms with E-state index in [0.717, 1.165) is 36.8 Å². The van der Waals surface area contributed by atoms with E-state index in [9.17, 15) is 18.4 Å². The minimum absolute atomic E-state index is 0.126. The normalized spacial score (nSPS) is 17.0. The number of quaternary nitrogens is 1. The first-order chi connectivity index (χ1) is 11.9. The van der Waals surface area contributed by atoms with Crippen LogP contribution in [0.1, 0.15) is 27.9 Å². The van der Waals surface area contributed by atoms with Crippen LogP contribution >= 0.6 is 11.8 Å². The van der Waals surface area contributed by atoms with Gasteiger partial charge < -0.3 is 4.90 Å². The third kappa shape index (κ3) is 3.97. The van der Waals surface area contributed by atoms with E-state index in [0.29, 0.717) is 10.6 Å². The fourth-order valence-corrected chi connectivity index (χ4v) is 3.93. The van der Waals surface area contributed by atoms with Gasteiger partial charge in [0.05, 0.1) is 30.4 Å². The topological polar surface area (TPSA) is 41.1 Å². The largest absolute Gasteiger partial charge is 0.416 e. The van der Waals surface area contributed by atoms with Crippen molar-refractivity contribution in [3.8, 4) is 6.07 Å². The Morgan fingerprint density at radius 2 is 2.08 bits per heavy atom. The molecule has 130 valence electrons. The first kappa shape index (κ1) is 17.8. The van der Waals surface area contributed by atoms with Crippen molar-refractivity contribution in [2.75, 3.05) is 13.6 Å². The summed E-state index contributed by atoms with van der Waals surface area (Å²) in [4.78, 5) is 5.93. The Bertz CT molecular complexity index is 827. The van der Waals surface area contributed by atoms with E-state index in [2.05, 4.69) is 18.1 Å². The van der Waals surface area contributed by atoms with Crippen LogP contribution in [0.5, 0.6) is 0 Å². The van der Waals surface area contributed by atoms with Gasteiger partial charge in [-0.05, 0) is 17.7 Å². The van der Waals surface area contributed by atoms with Crippen molar-refractivity contribution in [1.82, 2.24) is 4.98 Å². The highest BCUT2D eigenvalue weighted by atomic mass is 32.2. The van der Waals surface area contributed by atoms with Gasteiger partial charge in [0.15, 0.2) is 0 Å². The molecule has 3 nitrogen and oxygen atoms in total. The summed E-state index contributed by atoms with van der Waals surface area (Å²) in [6.45, 7) is 1.78. The van der Waals surface area contributed by atoms with Crippen molar-refractivity contribution in [3.63, 3.8) is 0 Å². The Kier molecular flexibility index (Phi) is 5.02. The lowest BCUT2D eigenvalue weighted by Crippen LogP contribution is -3.08. The van der Waals surface area contributed by atoms with Crippen LogP contribution < -0.4 is 4.90 Å². The number of hydrogen-bond acceptors (Lipinski definition) is 3. The summed E-state index contributed by atoms with van der Waals surface area (Å²) in [7, 11) is 2.09. The van der Waals surface area contributed by atoms with Gasteiger partial charge >= 0.3 is 6.18 Å². The number of thioether (sulfide) groups is 1. The minimum Gasteiger partial charge on any atom is -0.333 e. The molecule has 1 aromatic heterocycles. The number of nitriles is 1. The standard InChI is InChI=1S/C18H16F3N3S/c1-24-7-6-16-14(10-24)8-13(9-22)17(23-16)25-11-12-4-2-3-5-15(12)18(19,20)21/h2-5,8H,6-7,10-11H2,1H3/p+1. The van der Waals surface area contributed by atoms with Gasteiger partial charge in [-0.25, -0.2) is 4.98 Å². The van der Waals surface area contributed by atoms with Crippen molar-refractivity contribution >= 4 is 11.8 Å². The van der Waals surface area contributed by atoms with Gasteiger partial charge in [0.25, 0.3) is 0 Å². The summed E-state index contributed by atoms with van der Waals surface area (Å²) in [5.74, 6) is 0.126. The molecule has 2 heterocycles. The molecule has 1 atom stereocenters. The summed E-state index contributed by atoms with van der Waals surface area (Å²) >= 11 is 1.19. The predicted octanol–water partition coefficient (Wildman–Crippen LogP) is 2.84. The number of fused-ring (bicyclic) bond motifs is 1. The number of pyridine rings is 1. The number of alkyl halides is 3. The Morgan fingerprint density at radius 3 is 2.80 bits per heavy atom. The molecule has 3 rings (SSSR count). The number of halogens is 3. The molecule has 0 aliphatic carbocycles. The van der Waals surface area contributed by atoms with Crippen LogP contribution in [0.15, 0.2) is 35.4 Å². The average molecular weight is 364 g/mol. The molecule has 1 aliphatic rings. The molecule has 1 aromatic carbocycles. The Morgan fingerprint density at radius 1 is 1.32 bits per heavy atom. The van der Waals surface area contributed by atoms with Crippen molar-refractivity contribution in [2.45, 2.75) is 29.9 Å². The van der Waals surface area contributed by atoms with Gasteiger partial charge in [-0.15, -0.1) is 11.8 Å². The Hall–Kier alpha value is -2.04. The summed E-state index contributed by atoms with van der Waals surface area (Å²) in [6.07, 6.45) is -3.56. The molecule has 1 aliphatic heterocycles. The monoisotopic (exact) mass is 364 g/mol. The lowest BCUT2D eigenvalue weighted by atomic mass is 10.0. The molecule has 1 unspecified atom stereocenters. The second-order valence-electron chi connectivity index (χ2n) is 6.14. The fraction of sp³-hybridized carbons (Fsp3) is 0.333. The Labute approximate surface area is 148 Å². The molecule has 0 radical (unpaired) electrons. The molecule has 0 saturated carbocycles. The van der Waals surface area contributed by atoms with Crippen molar-refractivity contribution in [3.05, 3.63) is 58.3 Å². The third-order valence-corrected chi connectivity index (χ3v) is 5.28. The van der Waals surface area contributed by atoms with Crippen LogP contribution in [-0.4, -0.2) is 18.6 Å². The van der Waals surface area contributed by atoms with Crippen LogP contribution in [-0.2, 0) is 24.9 Å². The number of nitrogens with one attached hydrogen (secondary N) is 1. The second kappa shape index (κ2) is 7.06. The van der Waals surface area contributed by atoms with Crippen LogP contribution in [0.25, 0.3) is 0 Å². The summed E-state index contributed by atoms with van der Waals surface area (Å²) in [5.41, 5.74) is 2.01. The van der Waals surface area contributed by atoms with E-state index in [1.165, 1.54) is 28.8 Å². The SMILES string of the molecule is C[NH+]1CCc2nc(SCc3ccccc3C(F)(F)F)c(C#N)cc2C1. The number of likely N-dealkylation sites (N-methyl/N-ethyl adjacent to an activating group) is 1. The van der Waals surface area contributed by atoms with Crippen molar-refractivity contribution < 1.29 is 18.1 Å². The zero-order valence-corrected chi connectivity index (χ0v) is 14.5. The van der Waals surface area contributed by atoms with Gasteiger partial charge in [-0.2, -0.15) is 18.4 Å². The van der Waals surface area contributed by atoms with Crippen LogP contribution in [0.4, 0.5) is 13.2 Å². The molecule has 7 heteroatoms. The molecule has 2 aromatic rings. The maximum Gasteiger partial charge on any atom is 0.416 e. The minimum atomic E-state index is -4.38. The number of nitrogens with zero attached hydrogens (tertiary/aromatic N) is 2. The highest BCUT2D eigenvalue weighted by Crippen LogP contribution is 2.35. The molecule has 25 heavy (non-hydrogen) atoms. The molecule has 0 amide bonds. The molecule has 1 N–H and O–H groups in total. The molecule has 0 fully saturated rings. The summed E-state index contributed by atoms with van der Waals surface area (Å²) < 4.78 is 39.3. The second-order valence-corrected chi connectivity index (χ2v) is 7.10.